The molecular formula is C15H23ClN2O2S. The van der Waals surface area contributed by atoms with Crippen LogP contribution < -0.4 is 10.0 Å². The molecule has 1 aliphatic carbocycles. The number of benzene rings is 1. The second-order valence-electron chi connectivity index (χ2n) is 6.06. The summed E-state index contributed by atoms with van der Waals surface area (Å²) in [7, 11) is -3.50. The van der Waals surface area contributed by atoms with E-state index in [0.29, 0.717) is 17.6 Å². The van der Waals surface area contributed by atoms with Crippen LogP contribution in [0.25, 0.3) is 0 Å². The van der Waals surface area contributed by atoms with Crippen molar-refractivity contribution in [1.82, 2.24) is 10.0 Å². The van der Waals surface area contributed by atoms with Crippen LogP contribution in [0.3, 0.4) is 0 Å². The largest absolute Gasteiger partial charge is 0.310 e. The lowest BCUT2D eigenvalue weighted by atomic mass is 10.1. The molecule has 0 bridgehead atoms. The van der Waals surface area contributed by atoms with Gasteiger partial charge in [-0.2, -0.15) is 0 Å². The number of sulfonamides is 1. The number of hydrogen-bond acceptors (Lipinski definition) is 3. The van der Waals surface area contributed by atoms with E-state index in [9.17, 15) is 8.42 Å². The molecule has 0 heterocycles. The monoisotopic (exact) mass is 330 g/mol. The fourth-order valence-corrected chi connectivity index (χ4v) is 3.47. The maximum atomic E-state index is 12.4. The summed E-state index contributed by atoms with van der Waals surface area (Å²) in [4.78, 5) is 0.270. The first kappa shape index (κ1) is 16.7. The van der Waals surface area contributed by atoms with Crippen molar-refractivity contribution in [3.8, 4) is 0 Å². The van der Waals surface area contributed by atoms with Crippen LogP contribution in [0, 0.1) is 5.92 Å². The van der Waals surface area contributed by atoms with E-state index in [-0.39, 0.29) is 16.9 Å². The summed E-state index contributed by atoms with van der Waals surface area (Å²) in [5.41, 5.74) is 0.823. The van der Waals surface area contributed by atoms with E-state index in [4.69, 9.17) is 11.6 Å². The zero-order valence-electron chi connectivity index (χ0n) is 12.7. The molecule has 4 nitrogen and oxygen atoms in total. The van der Waals surface area contributed by atoms with Gasteiger partial charge in [-0.15, -0.1) is 0 Å². The molecule has 0 amide bonds. The van der Waals surface area contributed by atoms with Gasteiger partial charge in [0.1, 0.15) is 0 Å². The minimum atomic E-state index is -3.50. The van der Waals surface area contributed by atoms with Gasteiger partial charge in [-0.05, 0) is 49.4 Å². The Morgan fingerprint density at radius 1 is 1.29 bits per heavy atom. The van der Waals surface area contributed by atoms with E-state index in [1.807, 2.05) is 20.8 Å². The van der Waals surface area contributed by atoms with Crippen LogP contribution in [0.1, 0.15) is 39.2 Å². The van der Waals surface area contributed by atoms with Gasteiger partial charge < -0.3 is 5.32 Å². The van der Waals surface area contributed by atoms with Crippen molar-refractivity contribution in [1.29, 1.82) is 0 Å². The van der Waals surface area contributed by atoms with Gasteiger partial charge >= 0.3 is 0 Å². The Morgan fingerprint density at radius 3 is 2.52 bits per heavy atom. The minimum absolute atomic E-state index is 0.112. The summed E-state index contributed by atoms with van der Waals surface area (Å²) < 4.78 is 27.5. The Morgan fingerprint density at radius 2 is 1.95 bits per heavy atom. The summed E-state index contributed by atoms with van der Waals surface area (Å²) in [6, 6.07) is 5.31. The molecule has 1 atom stereocenters. The van der Waals surface area contributed by atoms with E-state index in [0.717, 1.165) is 5.56 Å². The molecular weight excluding hydrogens is 308 g/mol. The molecule has 0 aliphatic heterocycles. The molecule has 1 aliphatic rings. The molecule has 0 saturated heterocycles. The zero-order chi connectivity index (χ0) is 15.6. The highest BCUT2D eigenvalue weighted by Gasteiger charge is 2.22. The topological polar surface area (TPSA) is 58.2 Å². The van der Waals surface area contributed by atoms with E-state index < -0.39 is 10.0 Å². The average Bonchev–Trinajstić information content (AvgIpc) is 3.21. The van der Waals surface area contributed by atoms with E-state index in [2.05, 4.69) is 10.0 Å². The standard InChI is InChI=1S/C15H23ClN2O2S/c1-10(2)11(3)18-21(19,20)14-6-7-15(16)12(8-14)9-17-13-4-5-13/h6-8,10-11,13,17-18H,4-5,9H2,1-3H3. The quantitative estimate of drug-likeness (QED) is 0.808. The molecule has 118 valence electrons. The number of halogens is 1. The van der Waals surface area contributed by atoms with Gasteiger partial charge in [0, 0.05) is 23.7 Å². The summed E-state index contributed by atoms with van der Waals surface area (Å²) in [6.07, 6.45) is 2.37. The highest BCUT2D eigenvalue weighted by atomic mass is 35.5. The molecule has 0 radical (unpaired) electrons. The molecule has 1 aromatic rings. The van der Waals surface area contributed by atoms with Crippen LogP contribution in [0.15, 0.2) is 23.1 Å². The van der Waals surface area contributed by atoms with Crippen LogP contribution in [-0.2, 0) is 16.6 Å². The summed E-state index contributed by atoms with van der Waals surface area (Å²) in [6.45, 7) is 6.44. The third kappa shape index (κ3) is 4.68. The molecule has 1 saturated carbocycles. The van der Waals surface area contributed by atoms with E-state index in [1.54, 1.807) is 18.2 Å². The third-order valence-corrected chi connectivity index (χ3v) is 5.75. The molecule has 1 aromatic carbocycles. The van der Waals surface area contributed by atoms with Crippen molar-refractivity contribution in [3.05, 3.63) is 28.8 Å². The lowest BCUT2D eigenvalue weighted by Crippen LogP contribution is -2.36. The summed E-state index contributed by atoms with van der Waals surface area (Å²) >= 11 is 6.15. The summed E-state index contributed by atoms with van der Waals surface area (Å²) in [5, 5.41) is 3.95. The van der Waals surface area contributed by atoms with Gasteiger partial charge in [-0.1, -0.05) is 25.4 Å². The van der Waals surface area contributed by atoms with Crippen molar-refractivity contribution in [2.45, 2.75) is 57.1 Å². The first-order valence-electron chi connectivity index (χ1n) is 7.33. The fourth-order valence-electron chi connectivity index (χ4n) is 1.84. The SMILES string of the molecule is CC(C)C(C)NS(=O)(=O)c1ccc(Cl)c(CNC2CC2)c1. The van der Waals surface area contributed by atoms with Gasteiger partial charge in [-0.25, -0.2) is 13.1 Å². The predicted molar refractivity (Wildman–Crippen MR) is 85.9 cm³/mol. The molecule has 2 N–H and O–H groups in total. The van der Waals surface area contributed by atoms with Gasteiger partial charge in [0.05, 0.1) is 4.90 Å². The van der Waals surface area contributed by atoms with Crippen LogP contribution in [0.4, 0.5) is 0 Å². The van der Waals surface area contributed by atoms with Crippen LogP contribution >= 0.6 is 11.6 Å². The Hall–Kier alpha value is -0.620. The highest BCUT2D eigenvalue weighted by molar-refractivity contribution is 7.89. The van der Waals surface area contributed by atoms with Crippen molar-refractivity contribution in [3.63, 3.8) is 0 Å². The number of nitrogens with one attached hydrogen (secondary N) is 2. The van der Waals surface area contributed by atoms with Crippen LogP contribution in [-0.4, -0.2) is 20.5 Å². The first-order valence-corrected chi connectivity index (χ1v) is 9.20. The van der Waals surface area contributed by atoms with Crippen molar-refractivity contribution in [2.75, 3.05) is 0 Å². The predicted octanol–water partition coefficient (Wildman–Crippen LogP) is 2.91. The average molecular weight is 331 g/mol. The molecule has 0 aromatic heterocycles. The summed E-state index contributed by atoms with van der Waals surface area (Å²) in [5.74, 6) is 0.239. The van der Waals surface area contributed by atoms with E-state index >= 15 is 0 Å². The second-order valence-corrected chi connectivity index (χ2v) is 8.18. The normalized spacial score (nSPS) is 17.2. The smallest absolute Gasteiger partial charge is 0.240 e. The lowest BCUT2D eigenvalue weighted by Gasteiger charge is -2.18. The molecule has 21 heavy (non-hydrogen) atoms. The molecule has 6 heteroatoms. The molecule has 2 rings (SSSR count). The maximum Gasteiger partial charge on any atom is 0.240 e. The molecule has 1 fully saturated rings. The number of hydrogen-bond donors (Lipinski definition) is 2. The third-order valence-electron chi connectivity index (χ3n) is 3.83. The maximum absolute atomic E-state index is 12.4. The highest BCUT2D eigenvalue weighted by Crippen LogP contribution is 2.24. The van der Waals surface area contributed by atoms with Crippen molar-refractivity contribution < 1.29 is 8.42 Å². The van der Waals surface area contributed by atoms with Crippen LogP contribution in [0.2, 0.25) is 5.02 Å². The van der Waals surface area contributed by atoms with E-state index in [1.165, 1.54) is 12.8 Å². The molecule has 0 spiro atoms. The Kier molecular flexibility index (Phi) is 5.30. The Balaban J connectivity index is 2.15. The van der Waals surface area contributed by atoms with Gasteiger partial charge in [0.2, 0.25) is 10.0 Å². The van der Waals surface area contributed by atoms with Crippen molar-refractivity contribution in [2.24, 2.45) is 5.92 Å². The Bertz CT molecular complexity index is 598. The lowest BCUT2D eigenvalue weighted by molar-refractivity contribution is 0.476. The van der Waals surface area contributed by atoms with Crippen molar-refractivity contribution >= 4 is 21.6 Å². The fraction of sp³-hybridized carbons (Fsp3) is 0.600. The van der Waals surface area contributed by atoms with Gasteiger partial charge in [-0.3, -0.25) is 0 Å². The minimum Gasteiger partial charge on any atom is -0.310 e. The van der Waals surface area contributed by atoms with Gasteiger partial charge in [0.15, 0.2) is 0 Å². The first-order chi connectivity index (χ1) is 9.79. The Labute approximate surface area is 132 Å². The van der Waals surface area contributed by atoms with Crippen LogP contribution in [0.5, 0.6) is 0 Å². The molecule has 1 unspecified atom stereocenters. The number of rotatable bonds is 7. The zero-order valence-corrected chi connectivity index (χ0v) is 14.3. The van der Waals surface area contributed by atoms with Gasteiger partial charge in [0.25, 0.3) is 0 Å². The second kappa shape index (κ2) is 6.65.